The van der Waals surface area contributed by atoms with Crippen molar-refractivity contribution in [2.45, 2.75) is 6.54 Å². The number of methoxy groups -OCH3 is 1. The molecule has 1 aliphatic rings. The van der Waals surface area contributed by atoms with E-state index in [1.54, 1.807) is 7.11 Å². The summed E-state index contributed by atoms with van der Waals surface area (Å²) >= 11 is 0. The number of hydrogen-bond acceptors (Lipinski definition) is 3. The molecular formula is C25H28N4O2. The topological polar surface area (TPSA) is 42.6 Å². The Labute approximate surface area is 182 Å². The van der Waals surface area contributed by atoms with E-state index < -0.39 is 0 Å². The second-order valence-electron chi connectivity index (χ2n) is 8.10. The number of piperazine rings is 1. The highest BCUT2D eigenvalue weighted by Gasteiger charge is 2.27. The van der Waals surface area contributed by atoms with Crippen LogP contribution in [0.3, 0.4) is 0 Å². The van der Waals surface area contributed by atoms with Crippen LogP contribution in [0, 0.1) is 0 Å². The van der Waals surface area contributed by atoms with Crippen LogP contribution in [-0.2, 0) is 18.3 Å². The van der Waals surface area contributed by atoms with E-state index in [1.165, 1.54) is 16.6 Å². The highest BCUT2D eigenvalue weighted by molar-refractivity contribution is 6.10. The average Bonchev–Trinajstić information content (AvgIpc) is 3.34. The number of ether oxygens (including phenoxy) is 1. The predicted molar refractivity (Wildman–Crippen MR) is 125 cm³/mol. The van der Waals surface area contributed by atoms with Crippen LogP contribution in [0.2, 0.25) is 0 Å². The standard InChI is InChI=1S/C25H28N4O2/c1-26-21-11-7-6-10-20(21)24-22(26)18-23(29(24)16-17-31-2)25(30)28-14-12-27(13-15-28)19-8-4-3-5-9-19/h3-11,18H,12-17H2,1-2H3. The monoisotopic (exact) mass is 416 g/mol. The maximum Gasteiger partial charge on any atom is 0.270 e. The summed E-state index contributed by atoms with van der Waals surface area (Å²) < 4.78 is 9.69. The van der Waals surface area contributed by atoms with Gasteiger partial charge < -0.3 is 23.7 Å². The molecule has 0 unspecified atom stereocenters. The van der Waals surface area contributed by atoms with E-state index in [4.69, 9.17) is 4.74 Å². The molecule has 1 aliphatic heterocycles. The number of aromatic nitrogens is 2. The van der Waals surface area contributed by atoms with Crippen LogP contribution >= 0.6 is 0 Å². The zero-order valence-electron chi connectivity index (χ0n) is 18.1. The number of hydrogen-bond donors (Lipinski definition) is 0. The maximum absolute atomic E-state index is 13.6. The summed E-state index contributed by atoms with van der Waals surface area (Å²) in [6.07, 6.45) is 0. The van der Waals surface area contributed by atoms with E-state index >= 15 is 0 Å². The van der Waals surface area contributed by atoms with E-state index in [1.807, 2.05) is 11.0 Å². The number of amides is 1. The van der Waals surface area contributed by atoms with E-state index in [9.17, 15) is 4.79 Å². The Morgan fingerprint density at radius 3 is 2.39 bits per heavy atom. The molecule has 0 radical (unpaired) electrons. The van der Waals surface area contributed by atoms with Crippen LogP contribution in [0.1, 0.15) is 10.5 Å². The number of aryl methyl sites for hydroxylation is 1. The molecule has 0 saturated carbocycles. The molecule has 1 fully saturated rings. The highest BCUT2D eigenvalue weighted by atomic mass is 16.5. The van der Waals surface area contributed by atoms with Crippen LogP contribution in [0.4, 0.5) is 5.69 Å². The Kier molecular flexibility index (Phi) is 5.16. The summed E-state index contributed by atoms with van der Waals surface area (Å²) in [7, 11) is 3.77. The van der Waals surface area contributed by atoms with Gasteiger partial charge in [0.2, 0.25) is 0 Å². The quantitative estimate of drug-likeness (QED) is 0.498. The van der Waals surface area contributed by atoms with Crippen molar-refractivity contribution in [3.63, 3.8) is 0 Å². The number of nitrogens with zero attached hydrogens (tertiary/aromatic N) is 4. The summed E-state index contributed by atoms with van der Waals surface area (Å²) in [5, 5.41) is 1.17. The number of anilines is 1. The van der Waals surface area contributed by atoms with Crippen molar-refractivity contribution in [3.8, 4) is 0 Å². The summed E-state index contributed by atoms with van der Waals surface area (Å²) in [6.45, 7) is 4.35. The number of rotatable bonds is 5. The van der Waals surface area contributed by atoms with E-state index in [0.717, 1.165) is 42.9 Å². The molecule has 6 heteroatoms. The molecule has 0 N–H and O–H groups in total. The Morgan fingerprint density at radius 2 is 1.65 bits per heavy atom. The molecule has 160 valence electrons. The van der Waals surface area contributed by atoms with Crippen LogP contribution in [0.5, 0.6) is 0 Å². The van der Waals surface area contributed by atoms with Crippen molar-refractivity contribution >= 4 is 33.5 Å². The highest BCUT2D eigenvalue weighted by Crippen LogP contribution is 2.31. The van der Waals surface area contributed by atoms with Gasteiger partial charge in [-0.3, -0.25) is 4.79 Å². The van der Waals surface area contributed by atoms with Gasteiger partial charge in [-0.25, -0.2) is 0 Å². The Morgan fingerprint density at radius 1 is 0.935 bits per heavy atom. The smallest absolute Gasteiger partial charge is 0.270 e. The fourth-order valence-electron chi connectivity index (χ4n) is 4.73. The van der Waals surface area contributed by atoms with Crippen molar-refractivity contribution in [3.05, 3.63) is 66.4 Å². The lowest BCUT2D eigenvalue weighted by Crippen LogP contribution is -2.49. The number of benzene rings is 2. The fraction of sp³-hybridized carbons (Fsp3) is 0.320. The SMILES string of the molecule is COCCn1c(C(=O)N2CCN(c3ccccc3)CC2)cc2c1c1ccccc1n2C. The van der Waals surface area contributed by atoms with E-state index in [0.29, 0.717) is 13.2 Å². The first-order valence-corrected chi connectivity index (χ1v) is 10.8. The third-order valence-corrected chi connectivity index (χ3v) is 6.39. The molecule has 0 atom stereocenters. The second-order valence-corrected chi connectivity index (χ2v) is 8.10. The fourth-order valence-corrected chi connectivity index (χ4v) is 4.73. The maximum atomic E-state index is 13.6. The van der Waals surface area contributed by atoms with Crippen molar-refractivity contribution in [2.75, 3.05) is 44.8 Å². The molecule has 31 heavy (non-hydrogen) atoms. The lowest BCUT2D eigenvalue weighted by atomic mass is 10.2. The minimum atomic E-state index is 0.101. The van der Waals surface area contributed by atoms with Gasteiger partial charge in [-0.15, -0.1) is 0 Å². The second kappa shape index (κ2) is 8.12. The first kappa shape index (κ1) is 19.7. The summed E-state index contributed by atoms with van der Waals surface area (Å²) in [6, 6.07) is 20.8. The lowest BCUT2D eigenvalue weighted by molar-refractivity contribution is 0.0734. The molecule has 3 heterocycles. The van der Waals surface area contributed by atoms with Gasteiger partial charge in [0.1, 0.15) is 5.69 Å². The minimum absolute atomic E-state index is 0.101. The molecule has 6 nitrogen and oxygen atoms in total. The van der Waals surface area contributed by atoms with Gasteiger partial charge in [-0.2, -0.15) is 0 Å². The Balaban J connectivity index is 1.47. The van der Waals surface area contributed by atoms with Crippen molar-refractivity contribution in [1.82, 2.24) is 14.0 Å². The first-order valence-electron chi connectivity index (χ1n) is 10.8. The Hall–Kier alpha value is -3.25. The third kappa shape index (κ3) is 3.37. The van der Waals surface area contributed by atoms with E-state index in [-0.39, 0.29) is 5.91 Å². The van der Waals surface area contributed by atoms with Gasteiger partial charge in [-0.05, 0) is 24.3 Å². The molecule has 0 spiro atoms. The van der Waals surface area contributed by atoms with Gasteiger partial charge in [-0.1, -0.05) is 36.4 Å². The molecule has 1 amide bonds. The van der Waals surface area contributed by atoms with Gasteiger partial charge in [0, 0.05) is 58.0 Å². The van der Waals surface area contributed by atoms with Crippen LogP contribution in [-0.4, -0.2) is 59.8 Å². The molecule has 2 aromatic carbocycles. The van der Waals surface area contributed by atoms with Gasteiger partial charge >= 0.3 is 0 Å². The van der Waals surface area contributed by atoms with Crippen molar-refractivity contribution in [1.29, 1.82) is 0 Å². The zero-order valence-corrected chi connectivity index (χ0v) is 18.1. The number of fused-ring (bicyclic) bond motifs is 3. The van der Waals surface area contributed by atoms with Crippen LogP contribution in [0.25, 0.3) is 21.9 Å². The van der Waals surface area contributed by atoms with E-state index in [2.05, 4.69) is 75.7 Å². The molecule has 1 saturated heterocycles. The van der Waals surface area contributed by atoms with Crippen LogP contribution in [0.15, 0.2) is 60.7 Å². The van der Waals surface area contributed by atoms with Crippen LogP contribution < -0.4 is 4.90 Å². The third-order valence-electron chi connectivity index (χ3n) is 6.39. The molecular weight excluding hydrogens is 388 g/mol. The largest absolute Gasteiger partial charge is 0.383 e. The molecule has 4 aromatic rings. The lowest BCUT2D eigenvalue weighted by Gasteiger charge is -2.36. The molecule has 0 aliphatic carbocycles. The molecule has 2 aromatic heterocycles. The van der Waals surface area contributed by atoms with Gasteiger partial charge in [0.15, 0.2) is 0 Å². The van der Waals surface area contributed by atoms with Gasteiger partial charge in [0.25, 0.3) is 5.91 Å². The van der Waals surface area contributed by atoms with Crippen molar-refractivity contribution in [2.24, 2.45) is 7.05 Å². The van der Waals surface area contributed by atoms with Crippen molar-refractivity contribution < 1.29 is 9.53 Å². The zero-order chi connectivity index (χ0) is 21.4. The first-order chi connectivity index (χ1) is 15.2. The minimum Gasteiger partial charge on any atom is -0.383 e. The Bertz CT molecular complexity index is 1220. The summed E-state index contributed by atoms with van der Waals surface area (Å²) in [4.78, 5) is 17.9. The summed E-state index contributed by atoms with van der Waals surface area (Å²) in [5.74, 6) is 0.101. The summed E-state index contributed by atoms with van der Waals surface area (Å²) in [5.41, 5.74) is 5.34. The normalized spacial score (nSPS) is 14.6. The average molecular weight is 417 g/mol. The van der Waals surface area contributed by atoms with Gasteiger partial charge in [0.05, 0.1) is 23.2 Å². The number of carbonyl (C=O) groups is 1. The number of para-hydroxylation sites is 2. The predicted octanol–water partition coefficient (Wildman–Crippen LogP) is 3.74. The molecule has 0 bridgehead atoms. The molecule has 5 rings (SSSR count). The number of carbonyl (C=O) groups excluding carboxylic acids is 1.